The van der Waals surface area contributed by atoms with Gasteiger partial charge in [0, 0.05) is 18.3 Å². The second-order valence-corrected chi connectivity index (χ2v) is 7.22. The molecule has 1 fully saturated rings. The third-order valence-corrected chi connectivity index (χ3v) is 5.75. The van der Waals surface area contributed by atoms with Gasteiger partial charge >= 0.3 is 6.09 Å². The Morgan fingerprint density at radius 1 is 1.32 bits per heavy atom. The molecular weight excluding hydrogens is 304 g/mol. The van der Waals surface area contributed by atoms with Crippen molar-refractivity contribution in [2.45, 2.75) is 44.0 Å². The number of rotatable bonds is 4. The lowest BCUT2D eigenvalue weighted by molar-refractivity contribution is 0.168. The fourth-order valence-corrected chi connectivity index (χ4v) is 4.26. The van der Waals surface area contributed by atoms with Crippen LogP contribution in [0.3, 0.4) is 0 Å². The summed E-state index contributed by atoms with van der Waals surface area (Å²) in [6.07, 6.45) is 2.30. The van der Waals surface area contributed by atoms with E-state index in [4.69, 9.17) is 4.74 Å². The number of ether oxygens (including phenoxy) is 1. The molecule has 0 saturated carbocycles. The average Bonchev–Trinajstić information content (AvgIpc) is 2.48. The Morgan fingerprint density at radius 2 is 2.00 bits per heavy atom. The number of piperidine rings is 1. The highest BCUT2D eigenvalue weighted by Gasteiger charge is 2.30. The minimum absolute atomic E-state index is 0.0242. The summed E-state index contributed by atoms with van der Waals surface area (Å²) in [7, 11) is -3.48. The quantitative estimate of drug-likeness (QED) is 0.923. The topological polar surface area (TPSA) is 75.7 Å². The molecule has 1 aliphatic rings. The van der Waals surface area contributed by atoms with Crippen molar-refractivity contribution in [3.8, 4) is 0 Å². The zero-order valence-corrected chi connectivity index (χ0v) is 13.7. The van der Waals surface area contributed by atoms with Crippen LogP contribution in [-0.2, 0) is 14.8 Å². The van der Waals surface area contributed by atoms with Gasteiger partial charge in [0.05, 0.1) is 11.5 Å². The summed E-state index contributed by atoms with van der Waals surface area (Å²) in [5.74, 6) is 0. The number of carbonyl (C=O) groups excluding carboxylic acids is 1. The van der Waals surface area contributed by atoms with E-state index >= 15 is 0 Å². The molecule has 7 heteroatoms. The molecule has 1 amide bonds. The van der Waals surface area contributed by atoms with E-state index in [1.807, 2.05) is 6.92 Å². The number of carbonyl (C=O) groups is 1. The van der Waals surface area contributed by atoms with Crippen molar-refractivity contribution >= 4 is 21.8 Å². The zero-order valence-electron chi connectivity index (χ0n) is 12.9. The summed E-state index contributed by atoms with van der Waals surface area (Å²) in [6.45, 7) is 4.50. The minimum Gasteiger partial charge on any atom is -0.450 e. The molecule has 1 aromatic carbocycles. The van der Waals surface area contributed by atoms with Gasteiger partial charge in [0.1, 0.15) is 0 Å². The van der Waals surface area contributed by atoms with Crippen molar-refractivity contribution in [3.05, 3.63) is 24.3 Å². The van der Waals surface area contributed by atoms with Gasteiger partial charge in [0.15, 0.2) is 0 Å². The molecule has 1 aromatic rings. The number of nitrogens with one attached hydrogen (secondary N) is 1. The summed E-state index contributed by atoms with van der Waals surface area (Å²) in [6, 6.07) is 6.18. The summed E-state index contributed by atoms with van der Waals surface area (Å²) in [4.78, 5) is 11.6. The molecule has 1 saturated heterocycles. The summed E-state index contributed by atoms with van der Waals surface area (Å²) in [5.41, 5.74) is 0.504. The van der Waals surface area contributed by atoms with Crippen LogP contribution in [0.25, 0.3) is 0 Å². The first-order valence-corrected chi connectivity index (χ1v) is 8.95. The van der Waals surface area contributed by atoms with Crippen molar-refractivity contribution < 1.29 is 17.9 Å². The van der Waals surface area contributed by atoms with Gasteiger partial charge in [-0.15, -0.1) is 0 Å². The number of hydrogen-bond acceptors (Lipinski definition) is 4. The van der Waals surface area contributed by atoms with E-state index in [1.54, 1.807) is 23.4 Å². The second kappa shape index (κ2) is 7.11. The molecule has 2 rings (SSSR count). The summed E-state index contributed by atoms with van der Waals surface area (Å²) in [5, 5.41) is 2.54. The van der Waals surface area contributed by atoms with Crippen molar-refractivity contribution in [3.63, 3.8) is 0 Å². The molecule has 1 N–H and O–H groups in total. The van der Waals surface area contributed by atoms with Gasteiger partial charge in [0.2, 0.25) is 10.0 Å². The van der Waals surface area contributed by atoms with Crippen molar-refractivity contribution in [1.82, 2.24) is 4.31 Å². The molecule has 1 atom stereocenters. The van der Waals surface area contributed by atoms with Crippen molar-refractivity contribution in [2.24, 2.45) is 0 Å². The number of anilines is 1. The van der Waals surface area contributed by atoms with Crippen LogP contribution in [0.15, 0.2) is 29.2 Å². The molecule has 0 radical (unpaired) electrons. The maximum Gasteiger partial charge on any atom is 0.411 e. The van der Waals surface area contributed by atoms with Crippen molar-refractivity contribution in [2.75, 3.05) is 18.5 Å². The number of sulfonamides is 1. The Hall–Kier alpha value is -1.60. The lowest BCUT2D eigenvalue weighted by Crippen LogP contribution is -2.41. The van der Waals surface area contributed by atoms with Gasteiger partial charge in [-0.25, -0.2) is 13.2 Å². The van der Waals surface area contributed by atoms with Gasteiger partial charge < -0.3 is 4.74 Å². The van der Waals surface area contributed by atoms with E-state index in [9.17, 15) is 13.2 Å². The van der Waals surface area contributed by atoms with Crippen LogP contribution in [0.4, 0.5) is 10.5 Å². The monoisotopic (exact) mass is 326 g/mol. The lowest BCUT2D eigenvalue weighted by atomic mass is 10.1. The van der Waals surface area contributed by atoms with E-state index in [0.717, 1.165) is 19.3 Å². The van der Waals surface area contributed by atoms with E-state index in [2.05, 4.69) is 5.32 Å². The smallest absolute Gasteiger partial charge is 0.411 e. The van der Waals surface area contributed by atoms with Crippen LogP contribution >= 0.6 is 0 Å². The average molecular weight is 326 g/mol. The summed E-state index contributed by atoms with van der Waals surface area (Å²) < 4.78 is 31.6. The molecule has 0 unspecified atom stereocenters. The molecule has 1 heterocycles. The van der Waals surface area contributed by atoms with Gasteiger partial charge in [-0.1, -0.05) is 6.42 Å². The molecule has 6 nitrogen and oxygen atoms in total. The third-order valence-electron chi connectivity index (χ3n) is 3.72. The zero-order chi connectivity index (χ0) is 16.2. The first-order valence-electron chi connectivity index (χ1n) is 7.51. The highest BCUT2D eigenvalue weighted by molar-refractivity contribution is 7.89. The Morgan fingerprint density at radius 3 is 2.59 bits per heavy atom. The molecule has 22 heavy (non-hydrogen) atoms. The van der Waals surface area contributed by atoms with E-state index in [0.29, 0.717) is 12.2 Å². The Bertz CT molecular complexity index is 613. The number of nitrogens with zero attached hydrogens (tertiary/aromatic N) is 1. The molecular formula is C15H22N2O4S. The van der Waals surface area contributed by atoms with E-state index in [1.165, 1.54) is 12.1 Å². The van der Waals surface area contributed by atoms with Crippen LogP contribution in [0.5, 0.6) is 0 Å². The molecule has 1 aliphatic heterocycles. The van der Waals surface area contributed by atoms with Gasteiger partial charge in [-0.05, 0) is 51.0 Å². The fourth-order valence-electron chi connectivity index (χ4n) is 2.56. The van der Waals surface area contributed by atoms with Crippen LogP contribution in [0.2, 0.25) is 0 Å². The maximum absolute atomic E-state index is 12.6. The van der Waals surface area contributed by atoms with Crippen LogP contribution in [0.1, 0.15) is 33.1 Å². The third kappa shape index (κ3) is 3.78. The molecule has 122 valence electrons. The second-order valence-electron chi connectivity index (χ2n) is 5.33. The number of amides is 1. The highest BCUT2D eigenvalue weighted by Crippen LogP contribution is 2.25. The van der Waals surface area contributed by atoms with Crippen LogP contribution < -0.4 is 5.32 Å². The van der Waals surface area contributed by atoms with Crippen molar-refractivity contribution in [1.29, 1.82) is 0 Å². The fraction of sp³-hybridized carbons (Fsp3) is 0.533. The Balaban J connectivity index is 2.13. The lowest BCUT2D eigenvalue weighted by Gasteiger charge is -2.32. The van der Waals surface area contributed by atoms with Gasteiger partial charge in [-0.2, -0.15) is 4.31 Å². The normalized spacial score (nSPS) is 19.6. The minimum atomic E-state index is -3.48. The first kappa shape index (κ1) is 16.8. The van der Waals surface area contributed by atoms with Crippen LogP contribution in [0, 0.1) is 0 Å². The van der Waals surface area contributed by atoms with Gasteiger partial charge in [-0.3, -0.25) is 5.32 Å². The molecule has 0 aromatic heterocycles. The number of benzene rings is 1. The number of hydrogen-bond donors (Lipinski definition) is 1. The van der Waals surface area contributed by atoms with Gasteiger partial charge in [0.25, 0.3) is 0 Å². The predicted molar refractivity (Wildman–Crippen MR) is 84.3 cm³/mol. The molecule has 0 aliphatic carbocycles. The van der Waals surface area contributed by atoms with Crippen LogP contribution in [-0.4, -0.2) is 38.0 Å². The van der Waals surface area contributed by atoms with E-state index < -0.39 is 16.1 Å². The van der Waals surface area contributed by atoms with E-state index in [-0.39, 0.29) is 17.5 Å². The largest absolute Gasteiger partial charge is 0.450 e. The summed E-state index contributed by atoms with van der Waals surface area (Å²) >= 11 is 0. The Labute approximate surface area is 131 Å². The maximum atomic E-state index is 12.6. The molecule has 0 spiro atoms. The highest BCUT2D eigenvalue weighted by atomic mass is 32.2. The predicted octanol–water partition coefficient (Wildman–Crippen LogP) is 2.82. The SMILES string of the molecule is CCOC(=O)Nc1ccc(S(=O)(=O)N2CCCC[C@H]2C)cc1. The first-order chi connectivity index (χ1) is 10.4. The molecule has 0 bridgehead atoms. The Kier molecular flexibility index (Phi) is 5.42. The standard InChI is InChI=1S/C15H22N2O4S/c1-3-21-15(18)16-13-7-9-14(10-8-13)22(19,20)17-11-5-4-6-12(17)2/h7-10,12H,3-6,11H2,1-2H3,(H,16,18)/t12-/m1/s1.